The van der Waals surface area contributed by atoms with Crippen LogP contribution in [0.15, 0.2) is 52.9 Å². The minimum absolute atomic E-state index is 0.0359. The van der Waals surface area contributed by atoms with Crippen molar-refractivity contribution < 1.29 is 9.21 Å². The number of hydrogen-bond donors (Lipinski definition) is 4. The summed E-state index contributed by atoms with van der Waals surface area (Å²) < 4.78 is 5.55. The maximum atomic E-state index is 12.2. The van der Waals surface area contributed by atoms with E-state index in [1.54, 1.807) is 29.2 Å². The Morgan fingerprint density at radius 2 is 1.76 bits per heavy atom. The number of nitrogens with one attached hydrogen (secondary N) is 4. The lowest BCUT2D eigenvalue weighted by Gasteiger charge is -2.14. The van der Waals surface area contributed by atoms with Gasteiger partial charge in [-0.25, -0.2) is 0 Å². The van der Waals surface area contributed by atoms with Crippen LogP contribution in [0.2, 0.25) is 0 Å². The van der Waals surface area contributed by atoms with Gasteiger partial charge < -0.3 is 25.3 Å². The average Bonchev–Trinajstić information content (AvgIpc) is 3.05. The largest absolute Gasteiger partial charge is 0.461 e. The summed E-state index contributed by atoms with van der Waals surface area (Å²) in [6, 6.07) is 14.8. The first-order valence-corrected chi connectivity index (χ1v) is 9.44. The Morgan fingerprint density at radius 1 is 1.07 bits per heavy atom. The second kappa shape index (κ2) is 8.74. The van der Waals surface area contributed by atoms with E-state index in [1.807, 2.05) is 45.3 Å². The Labute approximate surface area is 174 Å². The molecule has 2 aromatic carbocycles. The number of aryl methyl sites for hydroxylation is 1. The highest BCUT2D eigenvalue weighted by molar-refractivity contribution is 7.80. The van der Waals surface area contributed by atoms with Crippen LogP contribution in [-0.4, -0.2) is 42.4 Å². The van der Waals surface area contributed by atoms with Crippen molar-refractivity contribution in [3.63, 3.8) is 0 Å². The fourth-order valence-electron chi connectivity index (χ4n) is 2.76. The number of benzene rings is 2. The first kappa shape index (κ1) is 20.3. The Hall–Kier alpha value is -3.39. The Bertz CT molecular complexity index is 1060. The van der Waals surface area contributed by atoms with Crippen molar-refractivity contribution in [2.45, 2.75) is 6.92 Å². The number of amidine groups is 1. The summed E-state index contributed by atoms with van der Waals surface area (Å²) in [5, 5.41) is 18.0. The van der Waals surface area contributed by atoms with Crippen molar-refractivity contribution in [3.05, 3.63) is 59.9 Å². The first-order valence-electron chi connectivity index (χ1n) is 9.03. The number of thiocarbonyl (C=S) groups is 1. The summed E-state index contributed by atoms with van der Waals surface area (Å²) in [4.78, 5) is 13.9. The van der Waals surface area contributed by atoms with Gasteiger partial charge in [-0.2, -0.15) is 0 Å². The molecule has 0 fully saturated rings. The van der Waals surface area contributed by atoms with Crippen LogP contribution in [0.25, 0.3) is 11.0 Å². The van der Waals surface area contributed by atoms with Crippen LogP contribution in [0, 0.1) is 12.3 Å². The van der Waals surface area contributed by atoms with Gasteiger partial charge in [0.1, 0.15) is 17.2 Å². The van der Waals surface area contributed by atoms with Crippen LogP contribution in [0.3, 0.4) is 0 Å². The summed E-state index contributed by atoms with van der Waals surface area (Å²) in [5.41, 5.74) is 3.07. The molecule has 3 rings (SSSR count). The zero-order valence-corrected chi connectivity index (χ0v) is 17.3. The van der Waals surface area contributed by atoms with Gasteiger partial charge in [-0.15, -0.1) is 0 Å². The van der Waals surface area contributed by atoms with Gasteiger partial charge in [0.05, 0.1) is 6.54 Å². The molecule has 8 heteroatoms. The molecule has 0 aliphatic rings. The first-order chi connectivity index (χ1) is 13.8. The van der Waals surface area contributed by atoms with Gasteiger partial charge in [0.2, 0.25) is 5.91 Å². The van der Waals surface area contributed by atoms with E-state index in [2.05, 4.69) is 16.0 Å². The molecule has 1 aromatic heterocycles. The predicted molar refractivity (Wildman–Crippen MR) is 121 cm³/mol. The van der Waals surface area contributed by atoms with Crippen LogP contribution in [0.4, 0.5) is 11.4 Å². The third kappa shape index (κ3) is 5.32. The van der Waals surface area contributed by atoms with E-state index in [1.165, 1.54) is 0 Å². The molecule has 0 unspecified atom stereocenters. The molecule has 29 heavy (non-hydrogen) atoms. The van der Waals surface area contributed by atoms with Crippen molar-refractivity contribution in [1.29, 1.82) is 5.41 Å². The molecule has 0 aliphatic carbocycles. The third-order valence-corrected chi connectivity index (χ3v) is 4.44. The molecule has 0 spiro atoms. The number of anilines is 2. The van der Waals surface area contributed by atoms with Crippen LogP contribution in [-0.2, 0) is 4.79 Å². The number of amides is 1. The summed E-state index contributed by atoms with van der Waals surface area (Å²) in [6.45, 7) is 1.94. The second-order valence-electron chi connectivity index (χ2n) is 6.79. The molecule has 3 aromatic rings. The van der Waals surface area contributed by atoms with Gasteiger partial charge in [-0.05, 0) is 67.7 Å². The van der Waals surface area contributed by atoms with Gasteiger partial charge in [-0.1, -0.05) is 0 Å². The summed E-state index contributed by atoms with van der Waals surface area (Å²) >= 11 is 5.26. The SMILES string of the molecule is Cc1cc2cc(NC(=S)NCC(=O)Nc3ccc(C(=N)N(C)C)cc3)ccc2o1. The average molecular weight is 410 g/mol. The highest BCUT2D eigenvalue weighted by atomic mass is 32.1. The van der Waals surface area contributed by atoms with Gasteiger partial charge >= 0.3 is 0 Å². The standard InChI is InChI=1S/C21H23N5O2S/c1-13-10-15-11-17(8-9-18(15)28-13)25-21(29)23-12-19(27)24-16-6-4-14(5-7-16)20(22)26(2)3/h4-11,22H,12H2,1-3H3,(H,24,27)(H2,23,25,29). The van der Waals surface area contributed by atoms with Crippen molar-refractivity contribution >= 4 is 51.4 Å². The number of nitrogens with zero attached hydrogens (tertiary/aromatic N) is 1. The van der Waals surface area contributed by atoms with E-state index in [0.29, 0.717) is 16.6 Å². The minimum Gasteiger partial charge on any atom is -0.461 e. The quantitative estimate of drug-likeness (QED) is 0.293. The van der Waals surface area contributed by atoms with Gasteiger partial charge in [0.15, 0.2) is 5.11 Å². The van der Waals surface area contributed by atoms with Crippen molar-refractivity contribution in [3.8, 4) is 0 Å². The van der Waals surface area contributed by atoms with E-state index in [9.17, 15) is 4.79 Å². The molecule has 1 amide bonds. The summed E-state index contributed by atoms with van der Waals surface area (Å²) in [6.07, 6.45) is 0. The maximum Gasteiger partial charge on any atom is 0.243 e. The lowest BCUT2D eigenvalue weighted by atomic mass is 10.2. The molecular formula is C21H23N5O2S. The normalized spacial score (nSPS) is 10.4. The lowest BCUT2D eigenvalue weighted by Crippen LogP contribution is -2.35. The minimum atomic E-state index is -0.217. The maximum absolute atomic E-state index is 12.2. The Kier molecular flexibility index (Phi) is 6.13. The molecule has 0 saturated carbocycles. The van der Waals surface area contributed by atoms with E-state index >= 15 is 0 Å². The van der Waals surface area contributed by atoms with Gasteiger partial charge in [0, 0.05) is 36.4 Å². The monoisotopic (exact) mass is 409 g/mol. The highest BCUT2D eigenvalue weighted by Gasteiger charge is 2.07. The van der Waals surface area contributed by atoms with Gasteiger partial charge in [-0.3, -0.25) is 10.2 Å². The summed E-state index contributed by atoms with van der Waals surface area (Å²) in [7, 11) is 3.63. The number of carbonyl (C=O) groups excluding carboxylic acids is 1. The van der Waals surface area contributed by atoms with E-state index in [4.69, 9.17) is 22.0 Å². The van der Waals surface area contributed by atoms with Gasteiger partial charge in [0.25, 0.3) is 0 Å². The number of furan rings is 1. The van der Waals surface area contributed by atoms with Crippen LogP contribution >= 0.6 is 12.2 Å². The van der Waals surface area contributed by atoms with E-state index < -0.39 is 0 Å². The molecule has 0 radical (unpaired) electrons. The van der Waals surface area contributed by atoms with Crippen LogP contribution in [0.5, 0.6) is 0 Å². The molecule has 1 heterocycles. The van der Waals surface area contributed by atoms with Crippen LogP contribution in [0.1, 0.15) is 11.3 Å². The molecule has 0 aliphatic heterocycles. The smallest absolute Gasteiger partial charge is 0.243 e. The molecule has 150 valence electrons. The molecule has 7 nitrogen and oxygen atoms in total. The molecule has 0 saturated heterocycles. The Balaban J connectivity index is 1.49. The molecular weight excluding hydrogens is 386 g/mol. The Morgan fingerprint density at radius 3 is 2.45 bits per heavy atom. The fraction of sp³-hybridized carbons (Fsp3) is 0.190. The van der Waals surface area contributed by atoms with E-state index in [-0.39, 0.29) is 12.5 Å². The third-order valence-electron chi connectivity index (χ3n) is 4.20. The molecule has 4 N–H and O–H groups in total. The zero-order valence-electron chi connectivity index (χ0n) is 16.5. The van der Waals surface area contributed by atoms with Crippen molar-refractivity contribution in [2.24, 2.45) is 0 Å². The highest BCUT2D eigenvalue weighted by Crippen LogP contribution is 2.22. The molecule has 0 bridgehead atoms. The number of hydrogen-bond acceptors (Lipinski definition) is 4. The second-order valence-corrected chi connectivity index (χ2v) is 7.19. The van der Waals surface area contributed by atoms with Crippen molar-refractivity contribution in [1.82, 2.24) is 10.2 Å². The van der Waals surface area contributed by atoms with E-state index in [0.717, 1.165) is 28.0 Å². The lowest BCUT2D eigenvalue weighted by molar-refractivity contribution is -0.115. The van der Waals surface area contributed by atoms with Crippen LogP contribution < -0.4 is 16.0 Å². The zero-order chi connectivity index (χ0) is 21.0. The fourth-order valence-corrected chi connectivity index (χ4v) is 2.95. The number of carbonyl (C=O) groups is 1. The predicted octanol–water partition coefficient (Wildman–Crippen LogP) is 3.55. The van der Waals surface area contributed by atoms with Crippen molar-refractivity contribution in [2.75, 3.05) is 31.3 Å². The molecule has 0 atom stereocenters. The topological polar surface area (TPSA) is 93.4 Å². The number of fused-ring (bicyclic) bond motifs is 1. The summed E-state index contributed by atoms with van der Waals surface area (Å²) in [5.74, 6) is 1.04. The number of rotatable bonds is 5.